The van der Waals surface area contributed by atoms with Gasteiger partial charge in [0.05, 0.1) is 16.6 Å². The lowest BCUT2D eigenvalue weighted by molar-refractivity contribution is 0.663. The molecule has 0 saturated carbocycles. The molecule has 10 rings (SSSR count). The molecule has 3 heterocycles. The number of furan rings is 1. The predicted octanol–water partition coefficient (Wildman–Crippen LogP) is 10.8. The molecule has 236 valence electrons. The maximum Gasteiger partial charge on any atom is 0.163 e. The van der Waals surface area contributed by atoms with E-state index in [1.165, 1.54) is 27.4 Å². The average molecular weight is 643 g/mol. The van der Waals surface area contributed by atoms with E-state index in [0.29, 0.717) is 5.84 Å². The van der Waals surface area contributed by atoms with Gasteiger partial charge in [-0.05, 0) is 59.2 Å². The number of aromatic nitrogens is 1. The van der Waals surface area contributed by atoms with Gasteiger partial charge in [-0.1, -0.05) is 127 Å². The van der Waals surface area contributed by atoms with E-state index in [1.807, 2.05) is 36.4 Å². The minimum absolute atomic E-state index is 0.289. The zero-order valence-corrected chi connectivity index (χ0v) is 27.0. The van der Waals surface area contributed by atoms with Crippen molar-refractivity contribution >= 4 is 55.4 Å². The smallest absolute Gasteiger partial charge is 0.163 e. The Labute approximate surface area is 288 Å². The largest absolute Gasteiger partial charge is 0.455 e. The maximum atomic E-state index is 6.65. The molecule has 0 aliphatic carbocycles. The summed E-state index contributed by atoms with van der Waals surface area (Å²) in [6, 6.07) is 59.2. The van der Waals surface area contributed by atoms with Crippen LogP contribution in [0.5, 0.6) is 0 Å². The van der Waals surface area contributed by atoms with Crippen LogP contribution >= 0.6 is 0 Å². The molecular formula is C45H30N4O. The van der Waals surface area contributed by atoms with Crippen LogP contribution in [0.2, 0.25) is 0 Å². The van der Waals surface area contributed by atoms with Crippen molar-refractivity contribution in [2.75, 3.05) is 0 Å². The van der Waals surface area contributed by atoms with Crippen LogP contribution in [0.1, 0.15) is 22.9 Å². The molecule has 1 aliphatic rings. The summed E-state index contributed by atoms with van der Waals surface area (Å²) in [6.45, 7) is 0. The quantitative estimate of drug-likeness (QED) is 0.203. The molecular weight excluding hydrogens is 613 g/mol. The molecule has 0 fully saturated rings. The number of hydrogen-bond donors (Lipinski definition) is 1. The Balaban J connectivity index is 1.13. The van der Waals surface area contributed by atoms with Crippen molar-refractivity contribution in [1.29, 1.82) is 0 Å². The Hall–Kier alpha value is -6.72. The van der Waals surface area contributed by atoms with Crippen molar-refractivity contribution in [3.63, 3.8) is 0 Å². The van der Waals surface area contributed by atoms with Crippen molar-refractivity contribution in [2.45, 2.75) is 6.17 Å². The normalized spacial score (nSPS) is 14.6. The maximum absolute atomic E-state index is 6.65. The van der Waals surface area contributed by atoms with Crippen LogP contribution in [0, 0.1) is 0 Å². The van der Waals surface area contributed by atoms with E-state index in [9.17, 15) is 0 Å². The number of nitrogens with zero attached hydrogens (tertiary/aromatic N) is 3. The minimum Gasteiger partial charge on any atom is -0.455 e. The van der Waals surface area contributed by atoms with Crippen LogP contribution in [0.3, 0.4) is 0 Å². The molecule has 50 heavy (non-hydrogen) atoms. The average Bonchev–Trinajstić information content (AvgIpc) is 3.74. The fraction of sp³-hybridized carbons (Fsp3) is 0.0222. The van der Waals surface area contributed by atoms with Crippen molar-refractivity contribution in [3.05, 3.63) is 187 Å². The van der Waals surface area contributed by atoms with Gasteiger partial charge < -0.3 is 14.3 Å². The van der Waals surface area contributed by atoms with E-state index in [2.05, 4.69) is 143 Å². The van der Waals surface area contributed by atoms with Crippen LogP contribution in [0.15, 0.2) is 184 Å². The fourth-order valence-corrected chi connectivity index (χ4v) is 7.28. The Morgan fingerprint density at radius 1 is 0.520 bits per heavy atom. The summed E-state index contributed by atoms with van der Waals surface area (Å²) in [4.78, 5) is 10.2. The molecule has 1 atom stereocenters. The van der Waals surface area contributed by atoms with Gasteiger partial charge in [0.15, 0.2) is 5.84 Å². The standard InChI is InChI=1S/C45H30N4O/c1-4-13-29(14-5-1)32-23-25-40-37(27-32)34-19-10-11-22-39(34)49(40)33-24-26-41-38(28-33)35-20-12-21-36(42(35)50-41)45-47-43(30-15-6-2-7-16-30)46-44(48-45)31-17-8-3-9-18-31/h1-28,43H,(H,46,47,48). The summed E-state index contributed by atoms with van der Waals surface area (Å²) in [5.74, 6) is 1.42. The number of fused-ring (bicyclic) bond motifs is 6. The summed E-state index contributed by atoms with van der Waals surface area (Å²) < 4.78 is 9.01. The zero-order valence-electron chi connectivity index (χ0n) is 27.0. The van der Waals surface area contributed by atoms with Crippen LogP contribution < -0.4 is 5.32 Å². The molecule has 7 aromatic carbocycles. The van der Waals surface area contributed by atoms with Gasteiger partial charge in [0.2, 0.25) is 0 Å². The molecule has 1 aliphatic heterocycles. The highest BCUT2D eigenvalue weighted by Crippen LogP contribution is 2.38. The van der Waals surface area contributed by atoms with Gasteiger partial charge >= 0.3 is 0 Å². The first kappa shape index (κ1) is 28.3. The highest BCUT2D eigenvalue weighted by Gasteiger charge is 2.24. The van der Waals surface area contributed by atoms with Crippen LogP contribution in [0.25, 0.3) is 60.6 Å². The molecule has 2 aromatic heterocycles. The van der Waals surface area contributed by atoms with Crippen LogP contribution in [-0.4, -0.2) is 16.2 Å². The monoisotopic (exact) mass is 642 g/mol. The van der Waals surface area contributed by atoms with Crippen molar-refractivity contribution in [3.8, 4) is 16.8 Å². The van der Waals surface area contributed by atoms with Crippen molar-refractivity contribution in [1.82, 2.24) is 9.88 Å². The van der Waals surface area contributed by atoms with E-state index < -0.39 is 0 Å². The second kappa shape index (κ2) is 11.5. The van der Waals surface area contributed by atoms with E-state index in [1.54, 1.807) is 0 Å². The van der Waals surface area contributed by atoms with Crippen LogP contribution in [-0.2, 0) is 0 Å². The summed E-state index contributed by atoms with van der Waals surface area (Å²) in [6.07, 6.45) is -0.289. The molecule has 0 spiro atoms. The number of para-hydroxylation sites is 2. The summed E-state index contributed by atoms with van der Waals surface area (Å²) in [5, 5.41) is 8.08. The van der Waals surface area contributed by atoms with Gasteiger partial charge in [0, 0.05) is 32.8 Å². The van der Waals surface area contributed by atoms with Gasteiger partial charge in [-0.25, -0.2) is 9.98 Å². The van der Waals surface area contributed by atoms with Gasteiger partial charge in [-0.3, -0.25) is 0 Å². The number of rotatable bonds is 5. The Bertz CT molecular complexity index is 2780. The predicted molar refractivity (Wildman–Crippen MR) is 205 cm³/mol. The molecule has 0 amide bonds. The second-order valence-corrected chi connectivity index (χ2v) is 12.7. The second-order valence-electron chi connectivity index (χ2n) is 12.7. The third kappa shape index (κ3) is 4.63. The van der Waals surface area contributed by atoms with E-state index in [-0.39, 0.29) is 6.17 Å². The lowest BCUT2D eigenvalue weighted by Crippen LogP contribution is -2.33. The zero-order chi connectivity index (χ0) is 33.0. The molecule has 9 aromatic rings. The number of nitrogens with one attached hydrogen (secondary N) is 1. The van der Waals surface area contributed by atoms with Crippen molar-refractivity contribution < 1.29 is 4.42 Å². The number of amidine groups is 2. The SMILES string of the molecule is c1ccc(C2=NC(c3cccc4c3oc3ccc(-n5c6ccccc6c6cc(-c7ccccc7)ccc65)cc34)=NC(c3ccccc3)N2)cc1. The Morgan fingerprint density at radius 2 is 1.22 bits per heavy atom. The van der Waals surface area contributed by atoms with Gasteiger partial charge in [0.25, 0.3) is 0 Å². The molecule has 0 saturated heterocycles. The molecule has 0 bridgehead atoms. The topological polar surface area (TPSA) is 54.8 Å². The minimum atomic E-state index is -0.289. The van der Waals surface area contributed by atoms with E-state index in [4.69, 9.17) is 14.4 Å². The van der Waals surface area contributed by atoms with Crippen LogP contribution in [0.4, 0.5) is 0 Å². The van der Waals surface area contributed by atoms with Gasteiger partial charge in [-0.15, -0.1) is 0 Å². The third-order valence-corrected chi connectivity index (χ3v) is 9.66. The summed E-state index contributed by atoms with van der Waals surface area (Å²) >= 11 is 0. The first-order valence-corrected chi connectivity index (χ1v) is 16.9. The first-order chi connectivity index (χ1) is 24.8. The van der Waals surface area contributed by atoms with E-state index >= 15 is 0 Å². The Morgan fingerprint density at radius 3 is 2.04 bits per heavy atom. The highest BCUT2D eigenvalue weighted by atomic mass is 16.3. The summed E-state index contributed by atoms with van der Waals surface area (Å²) in [7, 11) is 0. The van der Waals surface area contributed by atoms with Gasteiger partial charge in [-0.2, -0.15) is 0 Å². The van der Waals surface area contributed by atoms with E-state index in [0.717, 1.165) is 55.7 Å². The Kier molecular flexibility index (Phi) is 6.49. The highest BCUT2D eigenvalue weighted by molar-refractivity contribution is 6.20. The summed E-state index contributed by atoms with van der Waals surface area (Å²) in [5.41, 5.74) is 10.4. The molecule has 5 nitrogen and oxygen atoms in total. The molecule has 5 heteroatoms. The lowest BCUT2D eigenvalue weighted by atomic mass is 10.0. The number of aliphatic imine (C=N–C) groups is 2. The molecule has 0 radical (unpaired) electrons. The molecule has 1 unspecified atom stereocenters. The first-order valence-electron chi connectivity index (χ1n) is 16.9. The van der Waals surface area contributed by atoms with Crippen molar-refractivity contribution in [2.24, 2.45) is 9.98 Å². The number of benzene rings is 7. The lowest BCUT2D eigenvalue weighted by Gasteiger charge is -2.23. The third-order valence-electron chi connectivity index (χ3n) is 9.66. The fourth-order valence-electron chi connectivity index (χ4n) is 7.28. The van der Waals surface area contributed by atoms with Gasteiger partial charge in [0.1, 0.15) is 23.2 Å². The molecule has 1 N–H and O–H groups in total. The number of hydrogen-bond acceptors (Lipinski definition) is 4.